The third-order valence-corrected chi connectivity index (χ3v) is 5.82. The number of carbonyl (C=O) groups is 1. The quantitative estimate of drug-likeness (QED) is 0.602. The minimum absolute atomic E-state index is 0.0367. The first kappa shape index (κ1) is 19.6. The fourth-order valence-corrected chi connectivity index (χ4v) is 4.29. The van der Waals surface area contributed by atoms with Gasteiger partial charge in [-0.15, -0.1) is 0 Å². The number of sulfonamides is 1. The second kappa shape index (κ2) is 8.28. The van der Waals surface area contributed by atoms with Gasteiger partial charge in [0, 0.05) is 12.4 Å². The highest BCUT2D eigenvalue weighted by Crippen LogP contribution is 2.29. The molecule has 0 spiro atoms. The van der Waals surface area contributed by atoms with Crippen LogP contribution in [-0.2, 0) is 10.0 Å². The fraction of sp³-hybridized carbons (Fsp3) is 0.0556. The van der Waals surface area contributed by atoms with Crippen LogP contribution in [0.15, 0.2) is 75.9 Å². The first-order valence-electron chi connectivity index (χ1n) is 7.88. The predicted octanol–water partition coefficient (Wildman–Crippen LogP) is 3.14. The second-order valence-corrected chi connectivity index (χ2v) is 8.12. The molecule has 10 heteroatoms. The predicted molar refractivity (Wildman–Crippen MR) is 103 cm³/mol. The maximum absolute atomic E-state index is 12.8. The number of ether oxygens (including phenoxy) is 1. The SMILES string of the molecule is COc1ccc(C(=O)O)cc1S(=O)(=O)Nc1ccnc(Sc2ccccn2)c1. The summed E-state index contributed by atoms with van der Waals surface area (Å²) < 4.78 is 33.1. The van der Waals surface area contributed by atoms with Gasteiger partial charge in [0.15, 0.2) is 0 Å². The van der Waals surface area contributed by atoms with Gasteiger partial charge in [0.05, 0.1) is 18.4 Å². The Balaban J connectivity index is 1.90. The van der Waals surface area contributed by atoms with E-state index in [1.165, 1.54) is 43.3 Å². The van der Waals surface area contributed by atoms with Gasteiger partial charge in [-0.3, -0.25) is 4.72 Å². The van der Waals surface area contributed by atoms with Crippen LogP contribution in [-0.4, -0.2) is 36.6 Å². The van der Waals surface area contributed by atoms with Crippen molar-refractivity contribution in [2.75, 3.05) is 11.8 Å². The van der Waals surface area contributed by atoms with Gasteiger partial charge >= 0.3 is 5.97 Å². The lowest BCUT2D eigenvalue weighted by atomic mass is 10.2. The van der Waals surface area contributed by atoms with Gasteiger partial charge in [0.1, 0.15) is 20.7 Å². The first-order valence-corrected chi connectivity index (χ1v) is 10.2. The van der Waals surface area contributed by atoms with Gasteiger partial charge in [-0.1, -0.05) is 17.8 Å². The molecule has 0 saturated heterocycles. The smallest absolute Gasteiger partial charge is 0.335 e. The number of aromatic carboxylic acids is 1. The molecule has 0 aliphatic carbocycles. The Labute approximate surface area is 165 Å². The zero-order chi connectivity index (χ0) is 20.1. The maximum atomic E-state index is 12.8. The third-order valence-electron chi connectivity index (χ3n) is 3.53. The molecule has 3 aromatic rings. The zero-order valence-electron chi connectivity index (χ0n) is 14.6. The van der Waals surface area contributed by atoms with Gasteiger partial charge in [-0.2, -0.15) is 0 Å². The van der Waals surface area contributed by atoms with E-state index in [4.69, 9.17) is 9.84 Å². The number of nitrogens with one attached hydrogen (secondary N) is 1. The number of benzene rings is 1. The lowest BCUT2D eigenvalue weighted by Gasteiger charge is -2.12. The van der Waals surface area contributed by atoms with Crippen molar-refractivity contribution in [2.24, 2.45) is 0 Å². The lowest BCUT2D eigenvalue weighted by Crippen LogP contribution is -2.15. The van der Waals surface area contributed by atoms with Crippen molar-refractivity contribution in [3.8, 4) is 5.75 Å². The van der Waals surface area contributed by atoms with E-state index >= 15 is 0 Å². The van der Waals surface area contributed by atoms with Crippen LogP contribution in [0.25, 0.3) is 0 Å². The Bertz CT molecular complexity index is 1110. The van der Waals surface area contributed by atoms with E-state index < -0.39 is 16.0 Å². The number of rotatable bonds is 7. The molecule has 0 fully saturated rings. The van der Waals surface area contributed by atoms with Gasteiger partial charge in [0.2, 0.25) is 0 Å². The van der Waals surface area contributed by atoms with Crippen molar-refractivity contribution in [1.82, 2.24) is 9.97 Å². The molecule has 0 saturated carbocycles. The van der Waals surface area contributed by atoms with Crippen LogP contribution in [0.5, 0.6) is 5.75 Å². The Morgan fingerprint density at radius 2 is 1.86 bits per heavy atom. The third kappa shape index (κ3) is 4.59. The topological polar surface area (TPSA) is 118 Å². The molecule has 0 amide bonds. The van der Waals surface area contributed by atoms with Gasteiger partial charge in [-0.25, -0.2) is 23.2 Å². The van der Waals surface area contributed by atoms with Crippen LogP contribution < -0.4 is 9.46 Å². The molecular weight excluding hydrogens is 402 g/mol. The number of pyridine rings is 2. The molecule has 2 heterocycles. The summed E-state index contributed by atoms with van der Waals surface area (Å²) in [4.78, 5) is 19.3. The maximum Gasteiger partial charge on any atom is 0.335 e. The standard InChI is InChI=1S/C18H15N3O5S2/c1-26-14-6-5-12(18(22)23)10-15(14)28(24,25)21-13-7-9-20-17(11-13)27-16-4-2-3-8-19-16/h2-11H,1H3,(H,20,21)(H,22,23). The highest BCUT2D eigenvalue weighted by molar-refractivity contribution is 7.99. The monoisotopic (exact) mass is 417 g/mol. The van der Waals surface area contributed by atoms with E-state index in [2.05, 4.69) is 14.7 Å². The molecule has 0 bridgehead atoms. The molecule has 1 aromatic carbocycles. The zero-order valence-corrected chi connectivity index (χ0v) is 16.2. The molecule has 0 aliphatic heterocycles. The lowest BCUT2D eigenvalue weighted by molar-refractivity contribution is 0.0696. The summed E-state index contributed by atoms with van der Waals surface area (Å²) in [5.74, 6) is -1.20. The van der Waals surface area contributed by atoms with Crippen molar-refractivity contribution in [2.45, 2.75) is 14.9 Å². The molecule has 2 N–H and O–H groups in total. The Hall–Kier alpha value is -3.11. The van der Waals surface area contributed by atoms with Gasteiger partial charge in [-0.05, 0) is 42.5 Å². The summed E-state index contributed by atoms with van der Waals surface area (Å²) in [7, 11) is -2.78. The van der Waals surface area contributed by atoms with Crippen LogP contribution in [0.3, 0.4) is 0 Å². The number of nitrogens with zero attached hydrogens (tertiary/aromatic N) is 2. The van der Waals surface area contributed by atoms with Gasteiger partial charge in [0.25, 0.3) is 10.0 Å². The van der Waals surface area contributed by atoms with Crippen LogP contribution in [0, 0.1) is 0 Å². The fourth-order valence-electron chi connectivity index (χ4n) is 2.27. The molecule has 3 rings (SSSR count). The van der Waals surface area contributed by atoms with Gasteiger partial charge < -0.3 is 9.84 Å². The summed E-state index contributed by atoms with van der Waals surface area (Å²) in [6, 6.07) is 12.1. The average Bonchev–Trinajstić information content (AvgIpc) is 2.68. The van der Waals surface area contributed by atoms with Crippen LogP contribution in [0.4, 0.5) is 5.69 Å². The molecule has 0 radical (unpaired) electrons. The molecule has 0 unspecified atom stereocenters. The van der Waals surface area contributed by atoms with E-state index in [9.17, 15) is 13.2 Å². The molecule has 144 valence electrons. The average molecular weight is 417 g/mol. The van der Waals surface area contributed by atoms with Crippen molar-refractivity contribution < 1.29 is 23.1 Å². The van der Waals surface area contributed by atoms with Crippen molar-refractivity contribution in [3.63, 3.8) is 0 Å². The van der Waals surface area contributed by atoms with E-state index in [1.807, 2.05) is 12.1 Å². The Morgan fingerprint density at radius 3 is 2.54 bits per heavy atom. The largest absolute Gasteiger partial charge is 0.495 e. The van der Waals surface area contributed by atoms with Crippen molar-refractivity contribution in [1.29, 1.82) is 0 Å². The number of aromatic nitrogens is 2. The summed E-state index contributed by atoms with van der Waals surface area (Å²) >= 11 is 1.28. The molecule has 2 aromatic heterocycles. The van der Waals surface area contributed by atoms with E-state index in [0.717, 1.165) is 6.07 Å². The number of carboxylic acids is 1. The highest BCUT2D eigenvalue weighted by Gasteiger charge is 2.22. The molecule has 28 heavy (non-hydrogen) atoms. The van der Waals surface area contributed by atoms with Crippen LogP contribution >= 0.6 is 11.8 Å². The number of hydrogen-bond acceptors (Lipinski definition) is 7. The summed E-state index contributed by atoms with van der Waals surface area (Å²) in [5, 5.41) is 10.4. The molecule has 0 atom stereocenters. The van der Waals surface area contributed by atoms with Crippen molar-refractivity contribution in [3.05, 3.63) is 66.5 Å². The second-order valence-electron chi connectivity index (χ2n) is 5.43. The number of hydrogen-bond donors (Lipinski definition) is 2. The summed E-state index contributed by atoms with van der Waals surface area (Å²) in [6.07, 6.45) is 3.12. The highest BCUT2D eigenvalue weighted by atomic mass is 32.2. The molecule has 0 aliphatic rings. The normalized spacial score (nSPS) is 11.0. The Morgan fingerprint density at radius 1 is 1.07 bits per heavy atom. The summed E-state index contributed by atoms with van der Waals surface area (Å²) in [5.41, 5.74) is 0.110. The van der Waals surface area contributed by atoms with Crippen LogP contribution in [0.1, 0.15) is 10.4 Å². The van der Waals surface area contributed by atoms with E-state index in [0.29, 0.717) is 10.1 Å². The minimum Gasteiger partial charge on any atom is -0.495 e. The number of anilines is 1. The molecule has 8 nitrogen and oxygen atoms in total. The first-order chi connectivity index (χ1) is 13.4. The van der Waals surface area contributed by atoms with Crippen LogP contribution in [0.2, 0.25) is 0 Å². The minimum atomic E-state index is -4.09. The molecular formula is C18H15N3O5S2. The summed E-state index contributed by atoms with van der Waals surface area (Å²) in [6.45, 7) is 0. The Kier molecular flexibility index (Phi) is 5.81. The van der Waals surface area contributed by atoms with E-state index in [-0.39, 0.29) is 21.9 Å². The van der Waals surface area contributed by atoms with Crippen molar-refractivity contribution >= 4 is 33.4 Å². The number of carboxylic acid groups (broad SMARTS) is 1. The number of methoxy groups -OCH3 is 1. The van der Waals surface area contributed by atoms with E-state index in [1.54, 1.807) is 18.3 Å².